The Morgan fingerprint density at radius 3 is 2.60 bits per heavy atom. The summed E-state index contributed by atoms with van der Waals surface area (Å²) in [6.07, 6.45) is 2.91. The fourth-order valence-corrected chi connectivity index (χ4v) is 2.79. The van der Waals surface area contributed by atoms with Crippen molar-refractivity contribution < 1.29 is 22.6 Å². The summed E-state index contributed by atoms with van der Waals surface area (Å²) in [5, 5.41) is 8.20. The first-order chi connectivity index (χ1) is 11.9. The highest BCUT2D eigenvalue weighted by atomic mass is 32.2. The van der Waals surface area contributed by atoms with Gasteiger partial charge in [-0.3, -0.25) is 4.68 Å². The lowest BCUT2D eigenvalue weighted by molar-refractivity contribution is 0.171. The van der Waals surface area contributed by atoms with Gasteiger partial charge in [-0.25, -0.2) is 12.7 Å². The van der Waals surface area contributed by atoms with Crippen molar-refractivity contribution in [1.29, 1.82) is 0 Å². The lowest BCUT2D eigenvalue weighted by atomic mass is 10.1. The smallest absolute Gasteiger partial charge is 0.211 e. The number of rotatable bonds is 6. The van der Waals surface area contributed by atoms with Crippen LogP contribution in [0.3, 0.4) is 0 Å². The predicted octanol–water partition coefficient (Wildman–Crippen LogP) is 0.616. The van der Waals surface area contributed by atoms with E-state index in [2.05, 4.69) is 10.3 Å². The molecule has 0 saturated carbocycles. The molecule has 0 unspecified atom stereocenters. The number of ether oxygens (including phenoxy) is 3. The molecule has 25 heavy (non-hydrogen) atoms. The van der Waals surface area contributed by atoms with E-state index in [0.717, 1.165) is 5.56 Å². The Balaban J connectivity index is 1.82. The maximum atomic E-state index is 11.4. The van der Waals surface area contributed by atoms with Crippen molar-refractivity contribution in [3.63, 3.8) is 0 Å². The average molecular weight is 368 g/mol. The Labute approximate surface area is 146 Å². The molecule has 1 aromatic carbocycles. The Morgan fingerprint density at radius 1 is 1.28 bits per heavy atom. The second-order valence-corrected chi connectivity index (χ2v) is 7.74. The SMILES string of the molecule is COc1cc2c(cc1-c1cn(CCN(C)S(C)(=O)=O)nn1)OCCO2. The van der Waals surface area contributed by atoms with Crippen LogP contribution in [0.2, 0.25) is 0 Å². The average Bonchev–Trinajstić information content (AvgIpc) is 3.06. The van der Waals surface area contributed by atoms with E-state index in [1.54, 1.807) is 24.1 Å². The van der Waals surface area contributed by atoms with Crippen LogP contribution in [0.4, 0.5) is 0 Å². The molecule has 2 heterocycles. The van der Waals surface area contributed by atoms with Gasteiger partial charge in [-0.2, -0.15) is 0 Å². The van der Waals surface area contributed by atoms with Crippen molar-refractivity contribution >= 4 is 10.0 Å². The predicted molar refractivity (Wildman–Crippen MR) is 90.5 cm³/mol. The molecule has 0 radical (unpaired) electrons. The number of aromatic nitrogens is 3. The molecule has 1 aromatic heterocycles. The van der Waals surface area contributed by atoms with E-state index in [1.165, 1.54) is 17.6 Å². The molecule has 0 fully saturated rings. The van der Waals surface area contributed by atoms with E-state index in [-0.39, 0.29) is 0 Å². The monoisotopic (exact) mass is 368 g/mol. The summed E-state index contributed by atoms with van der Waals surface area (Å²) >= 11 is 0. The number of benzene rings is 1. The maximum Gasteiger partial charge on any atom is 0.211 e. The summed E-state index contributed by atoms with van der Waals surface area (Å²) in [6, 6.07) is 3.57. The molecule has 0 N–H and O–H groups in total. The van der Waals surface area contributed by atoms with Gasteiger partial charge in [0, 0.05) is 25.2 Å². The van der Waals surface area contributed by atoms with Crippen LogP contribution in [0.15, 0.2) is 18.3 Å². The number of hydrogen-bond acceptors (Lipinski definition) is 7. The van der Waals surface area contributed by atoms with Gasteiger partial charge in [0.25, 0.3) is 0 Å². The van der Waals surface area contributed by atoms with E-state index in [0.29, 0.717) is 49.2 Å². The zero-order chi connectivity index (χ0) is 18.0. The highest BCUT2D eigenvalue weighted by molar-refractivity contribution is 7.88. The zero-order valence-electron chi connectivity index (χ0n) is 14.3. The number of fused-ring (bicyclic) bond motifs is 1. The molecule has 2 aromatic rings. The van der Waals surface area contributed by atoms with Gasteiger partial charge >= 0.3 is 0 Å². The minimum absolute atomic E-state index is 0.305. The largest absolute Gasteiger partial charge is 0.496 e. The third-order valence-electron chi connectivity index (χ3n) is 3.89. The third kappa shape index (κ3) is 3.85. The third-order valence-corrected chi connectivity index (χ3v) is 5.20. The number of sulfonamides is 1. The van der Waals surface area contributed by atoms with Crippen LogP contribution in [0.25, 0.3) is 11.3 Å². The number of likely N-dealkylation sites (N-methyl/N-ethyl adjacent to an activating group) is 1. The van der Waals surface area contributed by atoms with Gasteiger partial charge in [-0.15, -0.1) is 5.10 Å². The van der Waals surface area contributed by atoms with Crippen molar-refractivity contribution in [3.05, 3.63) is 18.3 Å². The first kappa shape index (κ1) is 17.5. The molecular weight excluding hydrogens is 348 g/mol. The van der Waals surface area contributed by atoms with Crippen molar-refractivity contribution in [1.82, 2.24) is 19.3 Å². The molecule has 9 nitrogen and oxygen atoms in total. The molecule has 1 aliphatic heterocycles. The van der Waals surface area contributed by atoms with E-state index in [1.807, 2.05) is 6.07 Å². The van der Waals surface area contributed by atoms with Gasteiger partial charge in [0.2, 0.25) is 10.0 Å². The molecule has 3 rings (SSSR count). The Hall–Kier alpha value is -2.33. The summed E-state index contributed by atoms with van der Waals surface area (Å²) in [5.74, 6) is 1.87. The molecule has 136 valence electrons. The van der Waals surface area contributed by atoms with E-state index >= 15 is 0 Å². The van der Waals surface area contributed by atoms with Crippen LogP contribution in [-0.2, 0) is 16.6 Å². The lowest BCUT2D eigenvalue weighted by Crippen LogP contribution is -2.29. The second kappa shape index (κ2) is 6.89. The molecule has 0 aliphatic carbocycles. The normalized spacial score (nSPS) is 13.9. The van der Waals surface area contributed by atoms with Crippen LogP contribution in [-0.4, -0.2) is 67.9 Å². The molecule has 0 amide bonds. The van der Waals surface area contributed by atoms with Gasteiger partial charge in [0.05, 0.1) is 26.1 Å². The quantitative estimate of drug-likeness (QED) is 0.737. The number of hydrogen-bond donors (Lipinski definition) is 0. The van der Waals surface area contributed by atoms with Gasteiger partial charge in [0.15, 0.2) is 11.5 Å². The number of nitrogens with zero attached hydrogens (tertiary/aromatic N) is 4. The van der Waals surface area contributed by atoms with Crippen LogP contribution < -0.4 is 14.2 Å². The second-order valence-electron chi connectivity index (χ2n) is 5.65. The highest BCUT2D eigenvalue weighted by Gasteiger charge is 2.19. The van der Waals surface area contributed by atoms with E-state index in [4.69, 9.17) is 14.2 Å². The molecule has 0 saturated heterocycles. The molecule has 0 spiro atoms. The Kier molecular flexibility index (Phi) is 4.82. The standard InChI is InChI=1S/C15H20N4O5S/c1-18(25(3,20)21)4-5-19-10-12(16-17-19)11-8-14-15(9-13(11)22-2)24-7-6-23-14/h8-10H,4-7H2,1-3H3. The maximum absolute atomic E-state index is 11.4. The summed E-state index contributed by atoms with van der Waals surface area (Å²) in [6.45, 7) is 1.69. The van der Waals surface area contributed by atoms with Crippen LogP contribution in [0, 0.1) is 0 Å². The first-order valence-electron chi connectivity index (χ1n) is 7.68. The van der Waals surface area contributed by atoms with Crippen molar-refractivity contribution in [2.45, 2.75) is 6.54 Å². The van der Waals surface area contributed by atoms with Crippen molar-refractivity contribution in [2.24, 2.45) is 0 Å². The van der Waals surface area contributed by atoms with Gasteiger partial charge in [-0.05, 0) is 6.07 Å². The minimum atomic E-state index is -3.22. The summed E-state index contributed by atoms with van der Waals surface area (Å²) in [5.41, 5.74) is 1.34. The van der Waals surface area contributed by atoms with Crippen LogP contribution in [0.5, 0.6) is 17.2 Å². The van der Waals surface area contributed by atoms with Gasteiger partial charge in [-0.1, -0.05) is 5.21 Å². The summed E-state index contributed by atoms with van der Waals surface area (Å²) < 4.78 is 42.3. The molecule has 1 aliphatic rings. The fraction of sp³-hybridized carbons (Fsp3) is 0.467. The Morgan fingerprint density at radius 2 is 1.96 bits per heavy atom. The minimum Gasteiger partial charge on any atom is -0.496 e. The van der Waals surface area contributed by atoms with E-state index in [9.17, 15) is 8.42 Å². The van der Waals surface area contributed by atoms with E-state index < -0.39 is 10.0 Å². The van der Waals surface area contributed by atoms with Crippen molar-refractivity contribution in [3.8, 4) is 28.5 Å². The topological polar surface area (TPSA) is 95.8 Å². The van der Waals surface area contributed by atoms with Crippen molar-refractivity contribution in [2.75, 3.05) is 40.2 Å². The molecule has 0 bridgehead atoms. The molecular formula is C15H20N4O5S. The molecule has 10 heteroatoms. The zero-order valence-corrected chi connectivity index (χ0v) is 15.1. The molecule has 0 atom stereocenters. The van der Waals surface area contributed by atoms with Gasteiger partial charge in [0.1, 0.15) is 24.7 Å². The Bertz CT molecular complexity index is 865. The number of methoxy groups -OCH3 is 1. The fourth-order valence-electron chi connectivity index (χ4n) is 2.38. The van der Waals surface area contributed by atoms with Crippen LogP contribution in [0.1, 0.15) is 0 Å². The van der Waals surface area contributed by atoms with Gasteiger partial charge < -0.3 is 14.2 Å². The summed E-state index contributed by atoms with van der Waals surface area (Å²) in [7, 11) is -0.123. The summed E-state index contributed by atoms with van der Waals surface area (Å²) in [4.78, 5) is 0. The lowest BCUT2D eigenvalue weighted by Gasteiger charge is -2.20. The highest BCUT2D eigenvalue weighted by Crippen LogP contribution is 2.40. The first-order valence-corrected chi connectivity index (χ1v) is 9.53. The van der Waals surface area contributed by atoms with Crippen LogP contribution >= 0.6 is 0 Å².